The van der Waals surface area contributed by atoms with Crippen LogP contribution in [0.15, 0.2) is 52.5 Å². The lowest BCUT2D eigenvalue weighted by Crippen LogP contribution is -2.71. The fourth-order valence-corrected chi connectivity index (χ4v) is 6.21. The molecule has 0 spiro atoms. The zero-order chi connectivity index (χ0) is 25.6. The maximum atomic E-state index is 13.1. The molecule has 3 aromatic heterocycles. The van der Waals surface area contributed by atoms with Crippen LogP contribution in [0.1, 0.15) is 11.4 Å². The molecule has 3 aromatic rings. The number of hydrogen-bond acceptors (Lipinski definition) is 9. The highest BCUT2D eigenvalue weighted by Crippen LogP contribution is 2.40. The average molecular weight is 529 g/mol. The number of amides is 2. The van der Waals surface area contributed by atoms with Gasteiger partial charge in [-0.2, -0.15) is 4.57 Å². The van der Waals surface area contributed by atoms with Crippen molar-refractivity contribution in [1.29, 1.82) is 0 Å². The molecule has 0 aliphatic carbocycles. The van der Waals surface area contributed by atoms with Crippen molar-refractivity contribution in [3.05, 3.63) is 58.8 Å². The Labute approximate surface area is 213 Å². The molecular weight excluding hydrogens is 506 g/mol. The zero-order valence-electron chi connectivity index (χ0n) is 19.2. The third-order valence-corrected chi connectivity index (χ3v) is 8.06. The summed E-state index contributed by atoms with van der Waals surface area (Å²) in [6.07, 6.45) is 5.72. The number of thiazole rings is 1. The molecule has 5 rings (SSSR count). The van der Waals surface area contributed by atoms with E-state index < -0.39 is 29.2 Å². The maximum Gasteiger partial charge on any atom is 0.352 e. The van der Waals surface area contributed by atoms with Gasteiger partial charge in [-0.25, -0.2) is 9.78 Å². The third-order valence-electron chi connectivity index (χ3n) is 6.05. The highest BCUT2D eigenvalue weighted by atomic mass is 32.2. The summed E-state index contributed by atoms with van der Waals surface area (Å²) in [5, 5.41) is 17.6. The van der Waals surface area contributed by atoms with Crippen LogP contribution in [0.5, 0.6) is 0 Å². The number of carbonyl (C=O) groups excluding carboxylic acids is 2. The number of nitrogens with zero attached hydrogens (tertiary/aromatic N) is 5. The summed E-state index contributed by atoms with van der Waals surface area (Å²) in [6, 6.07) is 3.01. The molecule has 0 radical (unpaired) electrons. The molecule has 0 bridgehead atoms. The minimum Gasteiger partial charge on any atom is -0.477 e. The van der Waals surface area contributed by atoms with Crippen LogP contribution in [-0.2, 0) is 25.8 Å². The summed E-state index contributed by atoms with van der Waals surface area (Å²) in [6.45, 7) is 2.29. The van der Waals surface area contributed by atoms with Crippen LogP contribution in [0.2, 0.25) is 0 Å². The summed E-state index contributed by atoms with van der Waals surface area (Å²) in [7, 11) is 1.29. The molecule has 186 valence electrons. The fraction of sp³-hybridized carbons (Fsp3) is 0.273. The van der Waals surface area contributed by atoms with Crippen LogP contribution < -0.4 is 15.6 Å². The minimum absolute atomic E-state index is 0.0468. The number of carbonyl (C=O) groups is 3. The predicted octanol–water partition coefficient (Wildman–Crippen LogP) is 0.363. The van der Waals surface area contributed by atoms with E-state index in [1.165, 1.54) is 23.8 Å². The molecule has 0 aromatic carbocycles. The SMILES string of the molecule is CO/N=C(\C(=O)N[C@@H]1C(=O)N2C(C(=O)O)=C(C[n+]3ccn4cccc4c3C)CS[C@@H]12)c1csc(N)n1. The Hall–Kier alpha value is -3.91. The number of nitrogen functional groups attached to an aromatic ring is 1. The number of oxime groups is 1. The van der Waals surface area contributed by atoms with Crippen LogP contribution in [0.4, 0.5) is 5.13 Å². The van der Waals surface area contributed by atoms with Crippen molar-refractivity contribution in [2.45, 2.75) is 24.9 Å². The number of nitrogens with two attached hydrogens (primary N) is 1. The first kappa shape index (κ1) is 23.8. The van der Waals surface area contributed by atoms with Crippen LogP contribution >= 0.6 is 23.1 Å². The van der Waals surface area contributed by atoms with Gasteiger partial charge in [-0.15, -0.1) is 23.1 Å². The number of β-lactam (4-membered cyclic amide) rings is 1. The van der Waals surface area contributed by atoms with Gasteiger partial charge in [0.2, 0.25) is 5.69 Å². The van der Waals surface area contributed by atoms with E-state index in [0.717, 1.165) is 22.5 Å². The number of carboxylic acid groups (broad SMARTS) is 1. The summed E-state index contributed by atoms with van der Waals surface area (Å²) in [5.74, 6) is -1.97. The van der Waals surface area contributed by atoms with Gasteiger partial charge in [0.05, 0.1) is 6.20 Å². The van der Waals surface area contributed by atoms with Crippen molar-refractivity contribution in [3.63, 3.8) is 0 Å². The molecule has 0 saturated carbocycles. The molecule has 2 amide bonds. The number of rotatable bonds is 7. The maximum absolute atomic E-state index is 13.1. The van der Waals surface area contributed by atoms with Gasteiger partial charge in [-0.05, 0) is 12.1 Å². The lowest BCUT2D eigenvalue weighted by atomic mass is 10.0. The number of aromatic nitrogens is 3. The van der Waals surface area contributed by atoms with E-state index in [9.17, 15) is 19.5 Å². The lowest BCUT2D eigenvalue weighted by molar-refractivity contribution is -0.694. The number of hydrogen-bond donors (Lipinski definition) is 3. The first-order valence-corrected chi connectivity index (χ1v) is 12.7. The van der Waals surface area contributed by atoms with E-state index in [1.54, 1.807) is 5.38 Å². The summed E-state index contributed by atoms with van der Waals surface area (Å²) >= 11 is 2.53. The molecule has 1 fully saturated rings. The van der Waals surface area contributed by atoms with E-state index in [-0.39, 0.29) is 22.2 Å². The van der Waals surface area contributed by atoms with Crippen molar-refractivity contribution < 1.29 is 28.9 Å². The first-order chi connectivity index (χ1) is 17.3. The standard InChI is InChI=1S/C22H21N7O5S2/c1-11-14-4-3-5-27(14)6-7-28(11)8-12-9-35-20-16(19(31)29(20)17(12)21(32)33)25-18(30)15(26-34-2)13-10-36-22(23)24-13/h3-7,10,16,20H,8-9H2,1-2H3,(H3-,23,24,25,30,32,33)/p+1/b26-15-/t16-,20+/m1/s1. The Morgan fingerprint density at radius 2 is 2.22 bits per heavy atom. The van der Waals surface area contributed by atoms with E-state index in [0.29, 0.717) is 17.9 Å². The highest BCUT2D eigenvalue weighted by Gasteiger charge is 2.54. The van der Waals surface area contributed by atoms with Crippen LogP contribution in [-0.4, -0.2) is 67.2 Å². The Morgan fingerprint density at radius 3 is 2.92 bits per heavy atom. The van der Waals surface area contributed by atoms with E-state index >= 15 is 0 Å². The normalized spacial score (nSPS) is 19.8. The Kier molecular flexibility index (Phi) is 6.14. The van der Waals surface area contributed by atoms with Gasteiger partial charge in [-0.3, -0.25) is 14.5 Å². The molecule has 1 saturated heterocycles. The van der Waals surface area contributed by atoms with Gasteiger partial charge < -0.3 is 25.4 Å². The molecule has 5 heterocycles. The number of aryl methyl sites for hydroxylation is 1. The van der Waals surface area contributed by atoms with Gasteiger partial charge in [0.15, 0.2) is 23.6 Å². The number of nitrogens with one attached hydrogen (secondary N) is 1. The molecule has 14 heteroatoms. The smallest absolute Gasteiger partial charge is 0.352 e. The summed E-state index contributed by atoms with van der Waals surface area (Å²) in [5.41, 5.74) is 8.30. The molecule has 2 aliphatic rings. The van der Waals surface area contributed by atoms with Crippen LogP contribution in [0, 0.1) is 6.92 Å². The van der Waals surface area contributed by atoms with Gasteiger partial charge in [-0.1, -0.05) is 5.16 Å². The van der Waals surface area contributed by atoms with E-state index in [2.05, 4.69) is 15.5 Å². The quantitative estimate of drug-likeness (QED) is 0.172. The van der Waals surface area contributed by atoms with Crippen molar-refractivity contribution in [2.75, 3.05) is 18.6 Å². The summed E-state index contributed by atoms with van der Waals surface area (Å²) < 4.78 is 3.95. The van der Waals surface area contributed by atoms with Gasteiger partial charge in [0.1, 0.15) is 35.4 Å². The topological polar surface area (TPSA) is 156 Å². The van der Waals surface area contributed by atoms with Gasteiger partial charge >= 0.3 is 5.97 Å². The minimum atomic E-state index is -1.19. The Bertz CT molecular complexity index is 1460. The number of fused-ring (bicyclic) bond motifs is 2. The number of anilines is 1. The van der Waals surface area contributed by atoms with Crippen molar-refractivity contribution >= 4 is 57.2 Å². The summed E-state index contributed by atoms with van der Waals surface area (Å²) in [4.78, 5) is 48.3. The molecule has 36 heavy (non-hydrogen) atoms. The van der Waals surface area contributed by atoms with Crippen molar-refractivity contribution in [2.24, 2.45) is 5.16 Å². The average Bonchev–Trinajstić information content (AvgIpc) is 3.51. The third kappa shape index (κ3) is 3.97. The molecule has 4 N–H and O–H groups in total. The second-order valence-electron chi connectivity index (χ2n) is 8.12. The Morgan fingerprint density at radius 1 is 1.42 bits per heavy atom. The molecule has 2 atom stereocenters. The second-order valence-corrected chi connectivity index (χ2v) is 10.1. The molecular formula is C22H22N7O5S2+. The Balaban J connectivity index is 1.38. The van der Waals surface area contributed by atoms with E-state index in [1.807, 2.05) is 46.6 Å². The van der Waals surface area contributed by atoms with Gasteiger partial charge in [0, 0.05) is 29.8 Å². The number of carboxylic acids is 1. The number of thioether (sulfide) groups is 1. The lowest BCUT2D eigenvalue weighted by Gasteiger charge is -2.49. The highest BCUT2D eigenvalue weighted by molar-refractivity contribution is 8.00. The zero-order valence-corrected chi connectivity index (χ0v) is 20.9. The monoisotopic (exact) mass is 528 g/mol. The number of aliphatic carboxylic acids is 1. The van der Waals surface area contributed by atoms with Crippen molar-refractivity contribution in [1.82, 2.24) is 19.6 Å². The fourth-order valence-electron chi connectivity index (χ4n) is 4.33. The van der Waals surface area contributed by atoms with E-state index in [4.69, 9.17) is 10.6 Å². The van der Waals surface area contributed by atoms with Crippen LogP contribution in [0.3, 0.4) is 0 Å². The molecule has 12 nitrogen and oxygen atoms in total. The molecule has 2 aliphatic heterocycles. The first-order valence-electron chi connectivity index (χ1n) is 10.8. The van der Waals surface area contributed by atoms with Crippen LogP contribution in [0.25, 0.3) is 5.52 Å². The van der Waals surface area contributed by atoms with Gasteiger partial charge in [0.25, 0.3) is 11.8 Å². The van der Waals surface area contributed by atoms with Crippen molar-refractivity contribution in [3.8, 4) is 0 Å². The largest absolute Gasteiger partial charge is 0.477 e. The molecule has 0 unspecified atom stereocenters. The predicted molar refractivity (Wildman–Crippen MR) is 132 cm³/mol. The second kappa shape index (κ2) is 9.28.